The normalized spacial score (nSPS) is 22.5. The van der Waals surface area contributed by atoms with Crippen molar-refractivity contribution in [2.45, 2.75) is 51.5 Å². The van der Waals surface area contributed by atoms with Crippen LogP contribution in [0.15, 0.2) is 54.6 Å². The number of hydrogen-bond donors (Lipinski definition) is 1. The number of aryl methyl sites for hydroxylation is 1. The van der Waals surface area contributed by atoms with Crippen LogP contribution < -0.4 is 0 Å². The average molecular weight is 481 g/mol. The Labute approximate surface area is 205 Å². The third-order valence-electron chi connectivity index (χ3n) is 6.61. The molecule has 186 valence electrons. The van der Waals surface area contributed by atoms with Crippen LogP contribution in [0.5, 0.6) is 0 Å². The number of carbonyl (C=O) groups excluding carboxylic acids is 2. The van der Waals surface area contributed by atoms with Gasteiger partial charge in [0.25, 0.3) is 0 Å². The van der Waals surface area contributed by atoms with Crippen LogP contribution in [0.25, 0.3) is 0 Å². The minimum absolute atomic E-state index is 0.0599. The van der Waals surface area contributed by atoms with Crippen LogP contribution in [0.4, 0.5) is 4.79 Å². The van der Waals surface area contributed by atoms with Crippen molar-refractivity contribution in [1.29, 1.82) is 0 Å². The Morgan fingerprint density at radius 2 is 1.71 bits per heavy atom. The van der Waals surface area contributed by atoms with Crippen LogP contribution in [0, 0.1) is 12.8 Å². The largest absolute Gasteiger partial charge is 0.481 e. The quantitative estimate of drug-likeness (QED) is 0.605. The molecule has 8 heteroatoms. The lowest BCUT2D eigenvalue weighted by Crippen LogP contribution is -2.57. The molecule has 0 spiro atoms. The van der Waals surface area contributed by atoms with E-state index in [1.807, 2.05) is 61.5 Å². The van der Waals surface area contributed by atoms with E-state index in [9.17, 15) is 19.5 Å². The van der Waals surface area contributed by atoms with Gasteiger partial charge in [0, 0.05) is 32.6 Å². The number of hydrogen-bond acceptors (Lipinski definition) is 6. The summed E-state index contributed by atoms with van der Waals surface area (Å²) in [4.78, 5) is 41.6. The number of amides is 1. The van der Waals surface area contributed by atoms with Gasteiger partial charge in [-0.25, -0.2) is 4.79 Å². The zero-order valence-electron chi connectivity index (χ0n) is 20.0. The van der Waals surface area contributed by atoms with Gasteiger partial charge in [-0.2, -0.15) is 0 Å². The molecule has 2 saturated heterocycles. The summed E-state index contributed by atoms with van der Waals surface area (Å²) < 4.78 is 11.3. The monoisotopic (exact) mass is 480 g/mol. The van der Waals surface area contributed by atoms with Crippen molar-refractivity contribution in [3.05, 3.63) is 71.3 Å². The number of ether oxygens (including phenoxy) is 2. The van der Waals surface area contributed by atoms with E-state index < -0.39 is 36.1 Å². The highest BCUT2D eigenvalue weighted by Gasteiger charge is 2.46. The van der Waals surface area contributed by atoms with E-state index in [0.717, 1.165) is 29.5 Å². The molecular weight excluding hydrogens is 448 g/mol. The van der Waals surface area contributed by atoms with Crippen molar-refractivity contribution < 1.29 is 29.0 Å². The maximum Gasteiger partial charge on any atom is 0.410 e. The number of carboxylic acids is 1. The lowest BCUT2D eigenvalue weighted by atomic mass is 9.87. The number of carbonyl (C=O) groups is 3. The third-order valence-corrected chi connectivity index (χ3v) is 6.61. The highest BCUT2D eigenvalue weighted by atomic mass is 16.6. The fourth-order valence-corrected chi connectivity index (χ4v) is 4.89. The Bertz CT molecular complexity index is 1040. The Hall–Kier alpha value is -3.39. The standard InChI is InChI=1S/C27H32N2O6/c1-19-8-7-11-21(14-19)16-29-17-22(35-27(33)28-12-5-6-13-28)15-23(25(30)31)24(29)26(32)34-18-20-9-3-2-4-10-20/h2-4,7-11,14,22-24H,5-6,12-13,15-18H2,1H3,(H,30,31)/t22-,23-,24-/m0/s1. The highest BCUT2D eigenvalue weighted by Crippen LogP contribution is 2.30. The maximum atomic E-state index is 13.2. The van der Waals surface area contributed by atoms with Crippen LogP contribution >= 0.6 is 0 Å². The summed E-state index contributed by atoms with van der Waals surface area (Å²) in [6.07, 6.45) is 0.882. The van der Waals surface area contributed by atoms with E-state index in [0.29, 0.717) is 19.6 Å². The summed E-state index contributed by atoms with van der Waals surface area (Å²) in [6.45, 7) is 3.93. The first-order valence-corrected chi connectivity index (χ1v) is 12.1. The molecule has 0 bridgehead atoms. The van der Waals surface area contributed by atoms with E-state index in [4.69, 9.17) is 9.47 Å². The first-order valence-electron chi connectivity index (χ1n) is 12.1. The van der Waals surface area contributed by atoms with Crippen molar-refractivity contribution >= 4 is 18.0 Å². The van der Waals surface area contributed by atoms with E-state index >= 15 is 0 Å². The van der Waals surface area contributed by atoms with Crippen LogP contribution in [-0.4, -0.2) is 64.7 Å². The van der Waals surface area contributed by atoms with Crippen molar-refractivity contribution in [2.24, 2.45) is 5.92 Å². The molecule has 1 amide bonds. The van der Waals surface area contributed by atoms with Crippen molar-refractivity contribution in [3.63, 3.8) is 0 Å². The number of likely N-dealkylation sites (tertiary alicyclic amines) is 2. The van der Waals surface area contributed by atoms with Gasteiger partial charge in [0.05, 0.1) is 5.92 Å². The fraction of sp³-hybridized carbons (Fsp3) is 0.444. The van der Waals surface area contributed by atoms with Gasteiger partial charge >= 0.3 is 18.0 Å². The van der Waals surface area contributed by atoms with E-state index in [1.54, 1.807) is 9.80 Å². The number of nitrogens with zero attached hydrogens (tertiary/aromatic N) is 2. The molecule has 2 aliphatic rings. The second-order valence-electron chi connectivity index (χ2n) is 9.34. The van der Waals surface area contributed by atoms with Gasteiger partial charge in [-0.3, -0.25) is 14.5 Å². The fourth-order valence-electron chi connectivity index (χ4n) is 4.89. The molecule has 2 aliphatic heterocycles. The Morgan fingerprint density at radius 1 is 1.00 bits per heavy atom. The second-order valence-corrected chi connectivity index (χ2v) is 9.34. The van der Waals surface area contributed by atoms with Crippen LogP contribution in [0.3, 0.4) is 0 Å². The van der Waals surface area contributed by atoms with Crippen LogP contribution in [0.1, 0.15) is 36.0 Å². The van der Waals surface area contributed by atoms with Gasteiger partial charge in [0.1, 0.15) is 18.8 Å². The molecule has 0 unspecified atom stereocenters. The van der Waals surface area contributed by atoms with Gasteiger partial charge in [0.2, 0.25) is 0 Å². The van der Waals surface area contributed by atoms with Gasteiger partial charge in [-0.1, -0.05) is 60.2 Å². The number of piperidine rings is 1. The number of rotatable bonds is 7. The molecule has 2 fully saturated rings. The Balaban J connectivity index is 1.54. The molecule has 0 aliphatic carbocycles. The van der Waals surface area contributed by atoms with E-state index in [-0.39, 0.29) is 19.6 Å². The number of aliphatic carboxylic acids is 1. The number of esters is 1. The first-order chi connectivity index (χ1) is 16.9. The molecule has 2 aromatic rings. The number of benzene rings is 2. The zero-order chi connectivity index (χ0) is 24.8. The SMILES string of the molecule is Cc1cccc(CN2C[C@@H](OC(=O)N3CCCC3)C[C@H](C(=O)O)[C@H]2C(=O)OCc2ccccc2)c1. The Kier molecular flexibility index (Phi) is 8.02. The molecule has 3 atom stereocenters. The molecule has 2 aromatic carbocycles. The summed E-state index contributed by atoms with van der Waals surface area (Å²) in [5.41, 5.74) is 2.84. The topological polar surface area (TPSA) is 96.4 Å². The maximum absolute atomic E-state index is 13.2. The zero-order valence-corrected chi connectivity index (χ0v) is 20.0. The van der Waals surface area contributed by atoms with Crippen molar-refractivity contribution in [2.75, 3.05) is 19.6 Å². The lowest BCUT2D eigenvalue weighted by molar-refractivity contribution is -0.167. The van der Waals surface area contributed by atoms with E-state index in [1.165, 1.54) is 0 Å². The molecule has 2 heterocycles. The second kappa shape index (κ2) is 11.4. The molecule has 4 rings (SSSR count). The van der Waals surface area contributed by atoms with Gasteiger partial charge in [-0.05, 0) is 30.9 Å². The molecule has 1 N–H and O–H groups in total. The summed E-state index contributed by atoms with van der Waals surface area (Å²) in [5, 5.41) is 10.0. The molecule has 0 aromatic heterocycles. The smallest absolute Gasteiger partial charge is 0.410 e. The highest BCUT2D eigenvalue weighted by molar-refractivity contribution is 5.84. The summed E-state index contributed by atoms with van der Waals surface area (Å²) in [5.74, 6) is -2.76. The van der Waals surface area contributed by atoms with Crippen molar-refractivity contribution in [1.82, 2.24) is 9.80 Å². The Morgan fingerprint density at radius 3 is 2.40 bits per heavy atom. The summed E-state index contributed by atoms with van der Waals surface area (Å²) in [7, 11) is 0. The van der Waals surface area contributed by atoms with Crippen LogP contribution in [-0.2, 0) is 32.2 Å². The predicted octanol–water partition coefficient (Wildman–Crippen LogP) is 3.61. The van der Waals surface area contributed by atoms with Gasteiger partial charge < -0.3 is 19.5 Å². The summed E-state index contributed by atoms with van der Waals surface area (Å²) in [6, 6.07) is 16.1. The molecular formula is C27H32N2O6. The third kappa shape index (κ3) is 6.39. The predicted molar refractivity (Wildman–Crippen MR) is 128 cm³/mol. The first kappa shape index (κ1) is 24.7. The molecule has 8 nitrogen and oxygen atoms in total. The minimum atomic E-state index is -1.11. The minimum Gasteiger partial charge on any atom is -0.481 e. The van der Waals surface area contributed by atoms with E-state index in [2.05, 4.69) is 0 Å². The summed E-state index contributed by atoms with van der Waals surface area (Å²) >= 11 is 0. The van der Waals surface area contributed by atoms with Crippen LogP contribution in [0.2, 0.25) is 0 Å². The molecule has 0 radical (unpaired) electrons. The van der Waals surface area contributed by atoms with Gasteiger partial charge in [-0.15, -0.1) is 0 Å². The molecule has 0 saturated carbocycles. The van der Waals surface area contributed by atoms with Gasteiger partial charge in [0.15, 0.2) is 0 Å². The average Bonchev–Trinajstić information content (AvgIpc) is 3.38. The lowest BCUT2D eigenvalue weighted by Gasteiger charge is -2.41. The molecule has 35 heavy (non-hydrogen) atoms. The number of carboxylic acid groups (broad SMARTS) is 1. The van der Waals surface area contributed by atoms with Crippen molar-refractivity contribution in [3.8, 4) is 0 Å².